The number of halogens is 3. The van der Waals surface area contributed by atoms with E-state index in [4.69, 9.17) is 0 Å². The third-order valence-corrected chi connectivity index (χ3v) is 4.48. The molecule has 0 fully saturated rings. The summed E-state index contributed by atoms with van der Waals surface area (Å²) in [6, 6.07) is 8.55. The molecule has 0 bridgehead atoms. The van der Waals surface area contributed by atoms with E-state index in [2.05, 4.69) is 10.3 Å². The van der Waals surface area contributed by atoms with Gasteiger partial charge in [0.05, 0.1) is 10.6 Å². The van der Waals surface area contributed by atoms with Gasteiger partial charge in [0.1, 0.15) is 0 Å². The highest BCUT2D eigenvalue weighted by Crippen LogP contribution is 2.34. The molecule has 0 aliphatic rings. The molecule has 1 aromatic carbocycles. The maximum absolute atomic E-state index is 12.7. The molecule has 0 radical (unpaired) electrons. The molecule has 22 heavy (non-hydrogen) atoms. The van der Waals surface area contributed by atoms with Crippen LogP contribution in [0.25, 0.3) is 0 Å². The van der Waals surface area contributed by atoms with Crippen LogP contribution in [0.2, 0.25) is 0 Å². The van der Waals surface area contributed by atoms with Crippen LogP contribution < -0.4 is 5.32 Å². The second-order valence-corrected chi connectivity index (χ2v) is 6.39. The number of hydrogen-bond acceptors (Lipinski definition) is 4. The molecular formula is C14H13F3N2O2S. The number of rotatable bonds is 5. The Bertz CT molecular complexity index is 731. The van der Waals surface area contributed by atoms with E-state index in [0.717, 1.165) is 11.6 Å². The third kappa shape index (κ3) is 3.56. The van der Waals surface area contributed by atoms with Crippen molar-refractivity contribution in [1.82, 2.24) is 4.98 Å². The van der Waals surface area contributed by atoms with Gasteiger partial charge < -0.3 is 5.32 Å². The molecule has 0 spiro atoms. The largest absolute Gasteiger partial charge is 0.501 e. The molecule has 8 heteroatoms. The first kappa shape index (κ1) is 16.3. The summed E-state index contributed by atoms with van der Waals surface area (Å²) in [6.45, 7) is 0.288. The highest BCUT2D eigenvalue weighted by Gasteiger charge is 2.47. The van der Waals surface area contributed by atoms with Crippen molar-refractivity contribution in [3.8, 4) is 0 Å². The number of benzene rings is 1. The first-order valence-corrected chi connectivity index (χ1v) is 7.84. The second kappa shape index (κ2) is 6.35. The van der Waals surface area contributed by atoms with Gasteiger partial charge in [-0.2, -0.15) is 13.2 Å². The minimum Gasteiger partial charge on any atom is -0.384 e. The van der Waals surface area contributed by atoms with Gasteiger partial charge in [0.15, 0.2) is 0 Å². The van der Waals surface area contributed by atoms with Crippen molar-refractivity contribution in [1.29, 1.82) is 0 Å². The fourth-order valence-corrected chi connectivity index (χ4v) is 2.80. The third-order valence-electron chi connectivity index (χ3n) is 2.93. The highest BCUT2D eigenvalue weighted by molar-refractivity contribution is 7.92. The Kier molecular flexibility index (Phi) is 4.70. The molecular weight excluding hydrogens is 317 g/mol. The molecule has 0 saturated carbocycles. The molecule has 2 aromatic rings. The van der Waals surface area contributed by atoms with Crippen LogP contribution in [-0.2, 0) is 16.3 Å². The number of sulfone groups is 1. The predicted octanol–water partition coefficient (Wildman–Crippen LogP) is 3.03. The molecule has 1 N–H and O–H groups in total. The van der Waals surface area contributed by atoms with Crippen LogP contribution in [0.1, 0.15) is 5.56 Å². The minimum atomic E-state index is -5.38. The van der Waals surface area contributed by atoms with Gasteiger partial charge in [0.25, 0.3) is 9.84 Å². The summed E-state index contributed by atoms with van der Waals surface area (Å²) in [4.78, 5) is 3.16. The van der Waals surface area contributed by atoms with Crippen molar-refractivity contribution >= 4 is 15.5 Å². The van der Waals surface area contributed by atoms with Crippen LogP contribution in [0.5, 0.6) is 0 Å². The Labute approximate surface area is 125 Å². The number of anilines is 1. The van der Waals surface area contributed by atoms with Crippen LogP contribution in [0.4, 0.5) is 18.9 Å². The molecule has 118 valence electrons. The molecule has 4 nitrogen and oxygen atoms in total. The number of nitrogens with one attached hydrogen (secondary N) is 1. The van der Waals surface area contributed by atoms with Crippen LogP contribution in [0.15, 0.2) is 53.7 Å². The van der Waals surface area contributed by atoms with Gasteiger partial charge in [0.2, 0.25) is 0 Å². The fourth-order valence-electron chi connectivity index (χ4n) is 1.86. The summed E-state index contributed by atoms with van der Waals surface area (Å²) in [6.07, 6.45) is 3.76. The summed E-state index contributed by atoms with van der Waals surface area (Å²) < 4.78 is 61.1. The summed E-state index contributed by atoms with van der Waals surface area (Å²) in [5.74, 6) is 0. The van der Waals surface area contributed by atoms with Gasteiger partial charge in [-0.05, 0) is 30.2 Å². The van der Waals surface area contributed by atoms with E-state index in [-0.39, 0.29) is 12.2 Å². The molecule has 1 aromatic heterocycles. The Balaban J connectivity index is 2.16. The lowest BCUT2D eigenvalue weighted by atomic mass is 10.2. The van der Waals surface area contributed by atoms with Crippen molar-refractivity contribution in [2.24, 2.45) is 0 Å². The number of alkyl halides is 3. The zero-order valence-electron chi connectivity index (χ0n) is 11.3. The Morgan fingerprint density at radius 1 is 1.09 bits per heavy atom. The quantitative estimate of drug-likeness (QED) is 0.915. The van der Waals surface area contributed by atoms with Gasteiger partial charge >= 0.3 is 5.51 Å². The molecule has 0 aliphatic carbocycles. The number of pyridine rings is 1. The lowest BCUT2D eigenvalue weighted by Crippen LogP contribution is -2.24. The second-order valence-electron chi connectivity index (χ2n) is 4.48. The van der Waals surface area contributed by atoms with Crippen LogP contribution in [-0.4, -0.2) is 25.5 Å². The van der Waals surface area contributed by atoms with E-state index in [0.29, 0.717) is 6.42 Å². The topological polar surface area (TPSA) is 59.1 Å². The predicted molar refractivity (Wildman–Crippen MR) is 76.1 cm³/mol. The van der Waals surface area contributed by atoms with Crippen LogP contribution in [0.3, 0.4) is 0 Å². The normalized spacial score (nSPS) is 12.1. The van der Waals surface area contributed by atoms with Gasteiger partial charge in [-0.1, -0.05) is 18.2 Å². The van der Waals surface area contributed by atoms with E-state index < -0.39 is 20.2 Å². The first-order chi connectivity index (χ1) is 10.3. The average Bonchev–Trinajstić information content (AvgIpc) is 2.47. The van der Waals surface area contributed by atoms with E-state index in [1.807, 2.05) is 6.07 Å². The monoisotopic (exact) mass is 330 g/mol. The van der Waals surface area contributed by atoms with Gasteiger partial charge in [0, 0.05) is 18.9 Å². The van der Waals surface area contributed by atoms with Crippen LogP contribution in [0, 0.1) is 0 Å². The molecule has 0 amide bonds. The Morgan fingerprint density at radius 3 is 2.45 bits per heavy atom. The minimum absolute atomic E-state index is 0.0660. The summed E-state index contributed by atoms with van der Waals surface area (Å²) in [7, 11) is -5.38. The van der Waals surface area contributed by atoms with Gasteiger partial charge in [-0.3, -0.25) is 4.98 Å². The first-order valence-electron chi connectivity index (χ1n) is 6.35. The van der Waals surface area contributed by atoms with Crippen molar-refractivity contribution in [3.63, 3.8) is 0 Å². The average molecular weight is 330 g/mol. The zero-order chi connectivity index (χ0) is 16.2. The molecule has 0 unspecified atom stereocenters. The zero-order valence-corrected chi connectivity index (χ0v) is 12.2. The van der Waals surface area contributed by atoms with Crippen molar-refractivity contribution in [2.45, 2.75) is 16.8 Å². The van der Waals surface area contributed by atoms with Crippen LogP contribution >= 0.6 is 0 Å². The SMILES string of the molecule is O=S(=O)(c1ccccc1NCCc1cccnc1)C(F)(F)F. The van der Waals surface area contributed by atoms with Crippen molar-refractivity contribution in [2.75, 3.05) is 11.9 Å². The molecule has 0 atom stereocenters. The fraction of sp³-hybridized carbons (Fsp3) is 0.214. The number of aromatic nitrogens is 1. The maximum Gasteiger partial charge on any atom is 0.501 e. The van der Waals surface area contributed by atoms with Gasteiger partial charge in [-0.25, -0.2) is 8.42 Å². The number of para-hydroxylation sites is 1. The summed E-state index contributed by atoms with van der Waals surface area (Å²) in [5, 5.41) is 2.73. The van der Waals surface area contributed by atoms with E-state index >= 15 is 0 Å². The standard InChI is InChI=1S/C14H13F3N2O2S/c15-14(16,17)22(20,21)13-6-2-1-5-12(13)19-9-7-11-4-3-8-18-10-11/h1-6,8,10,19H,7,9H2. The van der Waals surface area contributed by atoms with Crippen molar-refractivity contribution < 1.29 is 21.6 Å². The molecule has 0 saturated heterocycles. The molecule has 2 rings (SSSR count). The smallest absolute Gasteiger partial charge is 0.384 e. The van der Waals surface area contributed by atoms with E-state index in [9.17, 15) is 21.6 Å². The molecule has 0 aliphatic heterocycles. The van der Waals surface area contributed by atoms with Gasteiger partial charge in [-0.15, -0.1) is 0 Å². The number of hydrogen-bond donors (Lipinski definition) is 1. The summed E-state index contributed by atoms with van der Waals surface area (Å²) >= 11 is 0. The maximum atomic E-state index is 12.7. The Morgan fingerprint density at radius 2 is 1.82 bits per heavy atom. The van der Waals surface area contributed by atoms with E-state index in [1.54, 1.807) is 18.5 Å². The highest BCUT2D eigenvalue weighted by atomic mass is 32.2. The van der Waals surface area contributed by atoms with Crippen molar-refractivity contribution in [3.05, 3.63) is 54.4 Å². The summed E-state index contributed by atoms with van der Waals surface area (Å²) in [5.41, 5.74) is -4.50. The molecule has 1 heterocycles. The Hall–Kier alpha value is -2.09. The number of nitrogens with zero attached hydrogens (tertiary/aromatic N) is 1. The lowest BCUT2D eigenvalue weighted by Gasteiger charge is -2.14. The van der Waals surface area contributed by atoms with E-state index in [1.165, 1.54) is 18.2 Å². The lowest BCUT2D eigenvalue weighted by molar-refractivity contribution is -0.0435.